The minimum absolute atomic E-state index is 0.0470. The van der Waals surface area contributed by atoms with Gasteiger partial charge in [-0.3, -0.25) is 4.79 Å². The predicted octanol–water partition coefficient (Wildman–Crippen LogP) is 6.21. The van der Waals surface area contributed by atoms with Crippen LogP contribution in [0, 0.1) is 5.41 Å². The molecular weight excluding hydrogens is 434 g/mol. The Morgan fingerprint density at radius 3 is 1.94 bits per heavy atom. The second-order valence-corrected chi connectivity index (χ2v) is 15.3. The number of methoxy groups -OCH3 is 3. The van der Waals surface area contributed by atoms with Gasteiger partial charge in [0, 0.05) is 11.8 Å². The zero-order valence-corrected chi connectivity index (χ0v) is 22.5. The van der Waals surface area contributed by atoms with E-state index >= 15 is 0 Å². The van der Waals surface area contributed by atoms with Crippen LogP contribution in [0.3, 0.4) is 0 Å². The van der Waals surface area contributed by atoms with Gasteiger partial charge < -0.3 is 23.5 Å². The summed E-state index contributed by atoms with van der Waals surface area (Å²) in [5, 5.41) is 0.0470. The molecule has 6 nitrogen and oxygen atoms in total. The fourth-order valence-electron chi connectivity index (χ4n) is 3.98. The molecule has 0 saturated carbocycles. The number of hydrogen-bond donors (Lipinski definition) is 0. The monoisotopic (exact) mass is 471 g/mol. The molecule has 0 bridgehead atoms. The van der Waals surface area contributed by atoms with Gasteiger partial charge in [0.1, 0.15) is 5.75 Å². The number of benzene rings is 2. The Hall–Kier alpha value is -2.67. The normalized spacial score (nSPS) is 17.9. The molecule has 0 aliphatic carbocycles. The molecule has 0 aromatic heterocycles. The van der Waals surface area contributed by atoms with Gasteiger partial charge in [-0.2, -0.15) is 0 Å². The van der Waals surface area contributed by atoms with Crippen molar-refractivity contribution in [1.29, 1.82) is 0 Å². The van der Waals surface area contributed by atoms with E-state index in [1.807, 2.05) is 55.1 Å². The minimum Gasteiger partial charge on any atom is -0.541 e. The van der Waals surface area contributed by atoms with E-state index in [-0.39, 0.29) is 17.0 Å². The average molecular weight is 472 g/mol. The van der Waals surface area contributed by atoms with E-state index in [9.17, 15) is 4.79 Å². The first-order valence-electron chi connectivity index (χ1n) is 11.2. The Morgan fingerprint density at radius 2 is 1.39 bits per heavy atom. The zero-order valence-electron chi connectivity index (χ0n) is 21.5. The number of rotatable bonds is 7. The number of β-lactam (4-membered cyclic amide) rings is 1. The SMILES string of the molecule is COc1ccc(N2C(=O)C(C)(C)C2c2ccc(OC)c(O[Si](C)(C)C(C)(C)C)c2)cc1OC. The van der Waals surface area contributed by atoms with Crippen LogP contribution in [0.1, 0.15) is 46.2 Å². The summed E-state index contributed by atoms with van der Waals surface area (Å²) in [6.45, 7) is 15.0. The molecule has 0 radical (unpaired) electrons. The summed E-state index contributed by atoms with van der Waals surface area (Å²) >= 11 is 0. The molecule has 0 N–H and O–H groups in total. The van der Waals surface area contributed by atoms with E-state index in [0.29, 0.717) is 17.2 Å². The van der Waals surface area contributed by atoms with Crippen molar-refractivity contribution in [3.63, 3.8) is 0 Å². The molecule has 1 amide bonds. The number of carbonyl (C=O) groups excluding carboxylic acids is 1. The van der Waals surface area contributed by atoms with Crippen LogP contribution in [0.25, 0.3) is 0 Å². The van der Waals surface area contributed by atoms with Crippen LogP contribution in [0.5, 0.6) is 23.0 Å². The maximum Gasteiger partial charge on any atom is 0.250 e. The van der Waals surface area contributed by atoms with Gasteiger partial charge in [-0.05, 0) is 61.8 Å². The highest BCUT2D eigenvalue weighted by Gasteiger charge is 2.55. The molecule has 1 aliphatic heterocycles. The number of carbonyl (C=O) groups is 1. The highest BCUT2D eigenvalue weighted by molar-refractivity contribution is 6.74. The predicted molar refractivity (Wildman–Crippen MR) is 134 cm³/mol. The summed E-state index contributed by atoms with van der Waals surface area (Å²) in [5.74, 6) is 2.69. The molecule has 2 aromatic rings. The van der Waals surface area contributed by atoms with Crippen molar-refractivity contribution in [3.05, 3.63) is 42.0 Å². The minimum atomic E-state index is -2.09. The lowest BCUT2D eigenvalue weighted by Gasteiger charge is -2.53. The lowest BCUT2D eigenvalue weighted by molar-refractivity contribution is -0.137. The Balaban J connectivity index is 2.05. The van der Waals surface area contributed by atoms with Gasteiger partial charge in [-0.25, -0.2) is 0 Å². The lowest BCUT2D eigenvalue weighted by Crippen LogP contribution is -2.61. The van der Waals surface area contributed by atoms with Gasteiger partial charge in [0.05, 0.1) is 32.8 Å². The topological polar surface area (TPSA) is 57.2 Å². The van der Waals surface area contributed by atoms with Crippen LogP contribution >= 0.6 is 0 Å². The highest BCUT2D eigenvalue weighted by Crippen LogP contribution is 2.53. The molecule has 2 aromatic carbocycles. The number of nitrogens with zero attached hydrogens (tertiary/aromatic N) is 1. The molecule has 1 heterocycles. The van der Waals surface area contributed by atoms with E-state index in [1.165, 1.54) is 0 Å². The van der Waals surface area contributed by atoms with Crippen LogP contribution in [0.4, 0.5) is 5.69 Å². The van der Waals surface area contributed by atoms with Crippen LogP contribution in [-0.2, 0) is 4.79 Å². The van der Waals surface area contributed by atoms with E-state index in [2.05, 4.69) is 33.9 Å². The molecule has 180 valence electrons. The molecule has 1 atom stereocenters. The third-order valence-electron chi connectivity index (χ3n) is 7.03. The molecule has 7 heteroatoms. The van der Waals surface area contributed by atoms with Crippen LogP contribution in [-0.4, -0.2) is 35.6 Å². The first-order chi connectivity index (χ1) is 15.3. The zero-order chi connectivity index (χ0) is 24.8. The molecule has 3 rings (SSSR count). The summed E-state index contributed by atoms with van der Waals surface area (Å²) in [5.41, 5.74) is 1.21. The van der Waals surface area contributed by atoms with Crippen LogP contribution < -0.4 is 23.5 Å². The first kappa shape index (κ1) is 25.0. The third kappa shape index (κ3) is 4.30. The van der Waals surface area contributed by atoms with Crippen molar-refractivity contribution in [2.75, 3.05) is 26.2 Å². The largest absolute Gasteiger partial charge is 0.541 e. The van der Waals surface area contributed by atoms with Gasteiger partial charge in [0.15, 0.2) is 17.2 Å². The fourth-order valence-corrected chi connectivity index (χ4v) is 4.99. The molecule has 0 spiro atoms. The quantitative estimate of drug-likeness (QED) is 0.355. The smallest absolute Gasteiger partial charge is 0.250 e. The van der Waals surface area contributed by atoms with Gasteiger partial charge in [-0.15, -0.1) is 0 Å². The maximum absolute atomic E-state index is 13.2. The fraction of sp³-hybridized carbons (Fsp3) is 0.500. The Labute approximate surface area is 198 Å². The summed E-state index contributed by atoms with van der Waals surface area (Å²) in [6, 6.07) is 11.4. The van der Waals surface area contributed by atoms with Crippen molar-refractivity contribution in [3.8, 4) is 23.0 Å². The average Bonchev–Trinajstić information content (AvgIpc) is 2.75. The summed E-state index contributed by atoms with van der Waals surface area (Å²) < 4.78 is 23.1. The summed E-state index contributed by atoms with van der Waals surface area (Å²) in [6.07, 6.45) is 0. The highest BCUT2D eigenvalue weighted by atomic mass is 28.4. The molecule has 1 fully saturated rings. The van der Waals surface area contributed by atoms with Crippen LogP contribution in [0.2, 0.25) is 18.1 Å². The standard InChI is InChI=1S/C26H37NO5Si/c1-25(2,3)33(9,10)32-22-15-17(11-13-20(22)30-7)23-26(4,5)24(28)27(23)18-12-14-19(29-6)21(16-18)31-8/h11-16,23H,1-10H3. The van der Waals surface area contributed by atoms with Gasteiger partial charge in [0.25, 0.3) is 8.32 Å². The van der Waals surface area contributed by atoms with E-state index in [4.69, 9.17) is 18.6 Å². The van der Waals surface area contributed by atoms with Gasteiger partial charge in [0.2, 0.25) is 5.91 Å². The van der Waals surface area contributed by atoms with Crippen LogP contribution in [0.15, 0.2) is 36.4 Å². The summed E-state index contributed by atoms with van der Waals surface area (Å²) in [7, 11) is 2.75. The molecule has 1 unspecified atom stereocenters. The molecule has 33 heavy (non-hydrogen) atoms. The van der Waals surface area contributed by atoms with Crippen molar-refractivity contribution in [2.24, 2.45) is 5.41 Å². The van der Waals surface area contributed by atoms with Crippen molar-refractivity contribution < 1.29 is 23.4 Å². The first-order valence-corrected chi connectivity index (χ1v) is 14.1. The Morgan fingerprint density at radius 1 is 0.848 bits per heavy atom. The number of amides is 1. The summed E-state index contributed by atoms with van der Waals surface area (Å²) in [4.78, 5) is 15.0. The van der Waals surface area contributed by atoms with Crippen molar-refractivity contribution >= 4 is 19.9 Å². The van der Waals surface area contributed by atoms with E-state index in [0.717, 1.165) is 17.0 Å². The van der Waals surface area contributed by atoms with E-state index in [1.54, 1.807) is 21.3 Å². The second-order valence-electron chi connectivity index (χ2n) is 10.6. The van der Waals surface area contributed by atoms with Gasteiger partial charge >= 0.3 is 0 Å². The second kappa shape index (κ2) is 8.59. The van der Waals surface area contributed by atoms with E-state index < -0.39 is 13.7 Å². The molecule has 1 saturated heterocycles. The number of anilines is 1. The number of ether oxygens (including phenoxy) is 3. The third-order valence-corrected chi connectivity index (χ3v) is 11.4. The van der Waals surface area contributed by atoms with Crippen molar-refractivity contribution in [1.82, 2.24) is 0 Å². The molecular formula is C26H37NO5Si. The lowest BCUT2D eigenvalue weighted by atomic mass is 9.70. The van der Waals surface area contributed by atoms with Gasteiger partial charge in [-0.1, -0.05) is 26.8 Å². The Bertz CT molecular complexity index is 1040. The number of hydrogen-bond acceptors (Lipinski definition) is 5. The Kier molecular flexibility index (Phi) is 6.50. The molecule has 1 aliphatic rings. The van der Waals surface area contributed by atoms with Crippen molar-refractivity contribution in [2.45, 2.75) is 58.8 Å². The maximum atomic E-state index is 13.2.